The zero-order valence-corrected chi connectivity index (χ0v) is 9.26. The molecule has 1 fully saturated rings. The van der Waals surface area contributed by atoms with Gasteiger partial charge in [-0.2, -0.15) is 13.2 Å². The van der Waals surface area contributed by atoms with Gasteiger partial charge in [0.05, 0.1) is 17.4 Å². The lowest BCUT2D eigenvalue weighted by atomic mass is 10.1. The molecular weight excluding hydrogens is 255 g/mol. The third-order valence-corrected chi connectivity index (χ3v) is 3.09. The minimum absolute atomic E-state index is 0.0631. The van der Waals surface area contributed by atoms with Crippen LogP contribution in [0.4, 0.5) is 22.0 Å². The van der Waals surface area contributed by atoms with Crippen molar-refractivity contribution in [2.24, 2.45) is 5.92 Å². The van der Waals surface area contributed by atoms with Crippen molar-refractivity contribution in [3.63, 3.8) is 0 Å². The number of carbonyl (C=O) groups is 1. The fourth-order valence-electron chi connectivity index (χ4n) is 2.13. The van der Waals surface area contributed by atoms with Gasteiger partial charge in [-0.05, 0) is 24.6 Å². The number of halogens is 5. The topological polar surface area (TPSA) is 17.1 Å². The summed E-state index contributed by atoms with van der Waals surface area (Å²) in [6.45, 7) is 1.06. The van der Waals surface area contributed by atoms with E-state index in [0.717, 1.165) is 31.2 Å². The smallest absolute Gasteiger partial charge is 0.299 e. The Morgan fingerprint density at radius 3 is 2.00 bits per heavy atom. The summed E-state index contributed by atoms with van der Waals surface area (Å²) in [4.78, 5) is 11.0. The lowest BCUT2D eigenvalue weighted by Gasteiger charge is -2.07. The Morgan fingerprint density at radius 2 is 1.67 bits per heavy atom. The quantitative estimate of drug-likeness (QED) is 0.745. The van der Waals surface area contributed by atoms with Crippen LogP contribution in [0, 0.1) is 5.92 Å². The number of benzene rings is 1. The van der Waals surface area contributed by atoms with Gasteiger partial charge < -0.3 is 0 Å². The van der Waals surface area contributed by atoms with Crippen LogP contribution in [0.1, 0.15) is 24.0 Å². The predicted octanol–water partition coefficient (Wildman–Crippen LogP) is 3.64. The molecule has 0 bridgehead atoms. The average molecular weight is 264 g/mol. The highest BCUT2D eigenvalue weighted by Gasteiger charge is 2.70. The monoisotopic (exact) mass is 264 g/mol. The van der Waals surface area contributed by atoms with Gasteiger partial charge in [0, 0.05) is 0 Å². The Kier molecular flexibility index (Phi) is 2.72. The van der Waals surface area contributed by atoms with Gasteiger partial charge in [0.2, 0.25) is 0 Å². The van der Waals surface area contributed by atoms with E-state index < -0.39 is 35.3 Å². The van der Waals surface area contributed by atoms with Crippen molar-refractivity contribution < 1.29 is 26.7 Å². The highest BCUT2D eigenvalue weighted by molar-refractivity contribution is 5.85. The molecule has 1 nitrogen and oxygen atoms in total. The Morgan fingerprint density at radius 1 is 1.17 bits per heavy atom. The summed E-state index contributed by atoms with van der Waals surface area (Å²) in [7, 11) is 0. The molecule has 1 saturated carbocycles. The van der Waals surface area contributed by atoms with E-state index in [1.165, 1.54) is 0 Å². The Labute approximate surface area is 99.6 Å². The van der Waals surface area contributed by atoms with Crippen LogP contribution in [0.2, 0.25) is 0 Å². The van der Waals surface area contributed by atoms with E-state index in [-0.39, 0.29) is 5.56 Å². The third-order valence-electron chi connectivity index (χ3n) is 3.09. The minimum Gasteiger partial charge on any atom is -0.299 e. The second-order valence-corrected chi connectivity index (χ2v) is 4.36. The summed E-state index contributed by atoms with van der Waals surface area (Å²) in [5.41, 5.74) is -0.831. The van der Waals surface area contributed by atoms with Crippen LogP contribution < -0.4 is 0 Å². The number of carbonyl (C=O) groups excluding carboxylic acids is 1. The van der Waals surface area contributed by atoms with Crippen molar-refractivity contribution >= 4 is 5.78 Å². The highest BCUT2D eigenvalue weighted by Crippen LogP contribution is 2.61. The molecule has 0 spiro atoms. The van der Waals surface area contributed by atoms with Gasteiger partial charge in [-0.3, -0.25) is 4.79 Å². The van der Waals surface area contributed by atoms with Crippen LogP contribution in [0.15, 0.2) is 24.3 Å². The van der Waals surface area contributed by atoms with Crippen molar-refractivity contribution in [2.75, 3.05) is 0 Å². The van der Waals surface area contributed by atoms with E-state index in [1.54, 1.807) is 0 Å². The molecule has 98 valence electrons. The van der Waals surface area contributed by atoms with Crippen molar-refractivity contribution in [1.29, 1.82) is 0 Å². The first-order valence-corrected chi connectivity index (χ1v) is 5.21. The zero-order valence-electron chi connectivity index (χ0n) is 9.26. The number of ketones is 1. The lowest BCUT2D eigenvalue weighted by molar-refractivity contribution is -0.137. The normalized spacial score (nSPS) is 25.9. The van der Waals surface area contributed by atoms with E-state index in [2.05, 4.69) is 0 Å². The molecule has 6 heteroatoms. The van der Waals surface area contributed by atoms with Crippen LogP contribution in [-0.4, -0.2) is 11.7 Å². The first-order chi connectivity index (χ1) is 8.15. The fraction of sp³-hybridized carbons (Fsp3) is 0.417. The molecule has 0 saturated heterocycles. The first kappa shape index (κ1) is 13.0. The Hall–Kier alpha value is -1.46. The van der Waals surface area contributed by atoms with Gasteiger partial charge in [-0.1, -0.05) is 12.1 Å². The predicted molar refractivity (Wildman–Crippen MR) is 53.3 cm³/mol. The molecule has 1 aliphatic carbocycles. The van der Waals surface area contributed by atoms with E-state index in [0.29, 0.717) is 0 Å². The summed E-state index contributed by atoms with van der Waals surface area (Å²) < 4.78 is 63.5. The van der Waals surface area contributed by atoms with Crippen LogP contribution >= 0.6 is 0 Å². The largest absolute Gasteiger partial charge is 0.416 e. The van der Waals surface area contributed by atoms with Crippen LogP contribution in [0.3, 0.4) is 0 Å². The van der Waals surface area contributed by atoms with Gasteiger partial charge in [-0.25, -0.2) is 8.78 Å². The standard InChI is InChI=1S/C12H9F5O/c1-6(18)9-10(11(9,13)14)7-2-4-8(5-3-7)12(15,16)17/h2-5,9-10H,1H3. The van der Waals surface area contributed by atoms with Crippen molar-refractivity contribution in [1.82, 2.24) is 0 Å². The SMILES string of the molecule is CC(=O)C1C(c2ccc(C(F)(F)F)cc2)C1(F)F. The number of Topliss-reactive ketones (excluding diaryl/α,β-unsaturated/α-hetero) is 1. The Bertz CT molecular complexity index is 474. The third kappa shape index (κ3) is 2.00. The fourth-order valence-corrected chi connectivity index (χ4v) is 2.13. The molecule has 2 rings (SSSR count). The van der Waals surface area contributed by atoms with Gasteiger partial charge in [0.1, 0.15) is 5.78 Å². The van der Waals surface area contributed by atoms with E-state index in [9.17, 15) is 26.7 Å². The summed E-state index contributed by atoms with van der Waals surface area (Å²) in [6.07, 6.45) is -4.50. The molecule has 0 amide bonds. The summed E-state index contributed by atoms with van der Waals surface area (Å²) in [5.74, 6) is -6.50. The molecule has 0 heterocycles. The van der Waals surface area contributed by atoms with E-state index in [1.807, 2.05) is 0 Å². The summed E-state index contributed by atoms with van der Waals surface area (Å²) in [6, 6.07) is 3.51. The van der Waals surface area contributed by atoms with Crippen LogP contribution in [0.25, 0.3) is 0 Å². The molecule has 0 N–H and O–H groups in total. The molecule has 0 radical (unpaired) electrons. The summed E-state index contributed by atoms with van der Waals surface area (Å²) in [5, 5.41) is 0. The molecule has 0 aliphatic heterocycles. The van der Waals surface area contributed by atoms with Gasteiger partial charge in [-0.15, -0.1) is 0 Å². The molecule has 2 atom stereocenters. The first-order valence-electron chi connectivity index (χ1n) is 5.21. The summed E-state index contributed by atoms with van der Waals surface area (Å²) >= 11 is 0. The van der Waals surface area contributed by atoms with Crippen molar-refractivity contribution in [3.05, 3.63) is 35.4 Å². The maximum absolute atomic E-state index is 13.3. The molecule has 2 unspecified atom stereocenters. The second kappa shape index (κ2) is 3.76. The number of hydrogen-bond acceptors (Lipinski definition) is 1. The average Bonchev–Trinajstić information content (AvgIpc) is 2.80. The minimum atomic E-state index is -4.50. The van der Waals surface area contributed by atoms with Crippen molar-refractivity contribution in [3.8, 4) is 0 Å². The molecule has 18 heavy (non-hydrogen) atoms. The van der Waals surface area contributed by atoms with E-state index in [4.69, 9.17) is 0 Å². The maximum atomic E-state index is 13.3. The molecular formula is C12H9F5O. The van der Waals surface area contributed by atoms with Crippen LogP contribution in [0.5, 0.6) is 0 Å². The lowest BCUT2D eigenvalue weighted by Crippen LogP contribution is -2.04. The number of hydrogen-bond donors (Lipinski definition) is 0. The van der Waals surface area contributed by atoms with Crippen LogP contribution in [-0.2, 0) is 11.0 Å². The molecule has 1 aliphatic rings. The molecule has 0 aromatic heterocycles. The maximum Gasteiger partial charge on any atom is 0.416 e. The number of alkyl halides is 5. The van der Waals surface area contributed by atoms with Gasteiger partial charge in [0.25, 0.3) is 5.92 Å². The van der Waals surface area contributed by atoms with E-state index >= 15 is 0 Å². The Balaban J connectivity index is 2.25. The van der Waals surface area contributed by atoms with Gasteiger partial charge in [0.15, 0.2) is 0 Å². The highest BCUT2D eigenvalue weighted by atomic mass is 19.4. The number of rotatable bonds is 2. The zero-order chi connectivity index (χ0) is 13.7. The second-order valence-electron chi connectivity index (χ2n) is 4.36. The van der Waals surface area contributed by atoms with Gasteiger partial charge >= 0.3 is 6.18 Å². The van der Waals surface area contributed by atoms with Crippen molar-refractivity contribution in [2.45, 2.75) is 24.9 Å². The molecule has 1 aromatic rings. The molecule has 1 aromatic carbocycles.